The standard InChI is InChI=1S/C17H13FN4O2/c18-14-7-10(9-19)1-4-13(14)17(24)21-12-5-6-20-15(8-12)22-16(23)11-2-3-11/h1,4-8,11H,2-3H2,(H2,20,21,22,23,24). The molecule has 0 unspecified atom stereocenters. The molecule has 0 radical (unpaired) electrons. The number of carbonyl (C=O) groups is 2. The first-order chi connectivity index (χ1) is 11.6. The Hall–Kier alpha value is -3.27. The summed E-state index contributed by atoms with van der Waals surface area (Å²) in [5, 5.41) is 13.9. The Labute approximate surface area is 137 Å². The molecule has 0 aliphatic heterocycles. The van der Waals surface area contributed by atoms with Gasteiger partial charge in [-0.1, -0.05) is 0 Å². The van der Waals surface area contributed by atoms with Gasteiger partial charge in [0.2, 0.25) is 5.91 Å². The monoisotopic (exact) mass is 324 g/mol. The van der Waals surface area contributed by atoms with Gasteiger partial charge in [0.25, 0.3) is 5.91 Å². The SMILES string of the molecule is N#Cc1ccc(C(=O)Nc2ccnc(NC(=O)C3CC3)c2)c(F)c1. The number of aromatic nitrogens is 1. The van der Waals surface area contributed by atoms with Gasteiger partial charge >= 0.3 is 0 Å². The number of pyridine rings is 1. The van der Waals surface area contributed by atoms with E-state index in [-0.39, 0.29) is 23.0 Å². The molecule has 2 N–H and O–H groups in total. The summed E-state index contributed by atoms with van der Waals surface area (Å²) in [7, 11) is 0. The molecule has 1 aromatic carbocycles. The number of hydrogen-bond donors (Lipinski definition) is 2. The van der Waals surface area contributed by atoms with Crippen molar-refractivity contribution in [2.24, 2.45) is 5.92 Å². The van der Waals surface area contributed by atoms with Crippen molar-refractivity contribution in [2.75, 3.05) is 10.6 Å². The summed E-state index contributed by atoms with van der Waals surface area (Å²) >= 11 is 0. The smallest absolute Gasteiger partial charge is 0.258 e. The lowest BCUT2D eigenvalue weighted by molar-refractivity contribution is -0.117. The first-order valence-corrected chi connectivity index (χ1v) is 7.35. The van der Waals surface area contributed by atoms with Gasteiger partial charge in [0, 0.05) is 23.9 Å². The van der Waals surface area contributed by atoms with Gasteiger partial charge in [-0.05, 0) is 37.1 Å². The van der Waals surface area contributed by atoms with Crippen LogP contribution in [-0.4, -0.2) is 16.8 Å². The Kier molecular flexibility index (Phi) is 4.20. The predicted molar refractivity (Wildman–Crippen MR) is 84.7 cm³/mol. The number of amides is 2. The molecule has 0 saturated heterocycles. The van der Waals surface area contributed by atoms with Crippen LogP contribution in [0.15, 0.2) is 36.5 Å². The number of benzene rings is 1. The van der Waals surface area contributed by atoms with Crippen LogP contribution in [-0.2, 0) is 4.79 Å². The van der Waals surface area contributed by atoms with Crippen molar-refractivity contribution < 1.29 is 14.0 Å². The summed E-state index contributed by atoms with van der Waals surface area (Å²) in [4.78, 5) is 27.9. The zero-order valence-electron chi connectivity index (χ0n) is 12.5. The summed E-state index contributed by atoms with van der Waals surface area (Å²) in [6.07, 6.45) is 3.19. The van der Waals surface area contributed by atoms with Crippen molar-refractivity contribution in [3.63, 3.8) is 0 Å². The highest BCUT2D eigenvalue weighted by atomic mass is 19.1. The summed E-state index contributed by atoms with van der Waals surface area (Å²) in [6.45, 7) is 0. The Morgan fingerprint density at radius 1 is 1.21 bits per heavy atom. The topological polar surface area (TPSA) is 94.9 Å². The number of rotatable bonds is 4. The van der Waals surface area contributed by atoms with Crippen molar-refractivity contribution in [3.8, 4) is 6.07 Å². The van der Waals surface area contributed by atoms with E-state index in [0.29, 0.717) is 11.5 Å². The van der Waals surface area contributed by atoms with Crippen molar-refractivity contribution >= 4 is 23.3 Å². The quantitative estimate of drug-likeness (QED) is 0.904. The fourth-order valence-electron chi connectivity index (χ4n) is 2.12. The molecule has 7 heteroatoms. The largest absolute Gasteiger partial charge is 0.322 e. The molecule has 2 amide bonds. The summed E-state index contributed by atoms with van der Waals surface area (Å²) < 4.78 is 13.9. The second-order valence-electron chi connectivity index (χ2n) is 5.45. The lowest BCUT2D eigenvalue weighted by Crippen LogP contribution is -2.16. The van der Waals surface area contributed by atoms with E-state index in [4.69, 9.17) is 5.26 Å². The number of nitriles is 1. The Bertz CT molecular complexity index is 856. The third-order valence-electron chi connectivity index (χ3n) is 3.56. The first kappa shape index (κ1) is 15.6. The maximum atomic E-state index is 13.9. The van der Waals surface area contributed by atoms with Crippen LogP contribution in [0.1, 0.15) is 28.8 Å². The second-order valence-corrected chi connectivity index (χ2v) is 5.45. The second kappa shape index (κ2) is 6.46. The van der Waals surface area contributed by atoms with Gasteiger partial charge < -0.3 is 10.6 Å². The molecule has 120 valence electrons. The number of halogens is 1. The summed E-state index contributed by atoms with van der Waals surface area (Å²) in [5.74, 6) is -1.16. The van der Waals surface area contributed by atoms with Gasteiger partial charge in [-0.15, -0.1) is 0 Å². The van der Waals surface area contributed by atoms with Crippen LogP contribution < -0.4 is 10.6 Å². The first-order valence-electron chi connectivity index (χ1n) is 7.35. The molecule has 1 aromatic heterocycles. The Balaban J connectivity index is 1.72. The average Bonchev–Trinajstić information content (AvgIpc) is 3.39. The molecule has 6 nitrogen and oxygen atoms in total. The predicted octanol–water partition coefficient (Wildman–Crippen LogP) is 2.69. The third kappa shape index (κ3) is 3.55. The zero-order chi connectivity index (χ0) is 17.1. The van der Waals surface area contributed by atoms with E-state index in [1.54, 1.807) is 6.07 Å². The summed E-state index contributed by atoms with van der Waals surface area (Å²) in [5.41, 5.74) is 0.345. The third-order valence-corrected chi connectivity index (χ3v) is 3.56. The van der Waals surface area contributed by atoms with Crippen molar-refractivity contribution in [1.29, 1.82) is 5.26 Å². The van der Waals surface area contributed by atoms with Crippen molar-refractivity contribution in [2.45, 2.75) is 12.8 Å². The lowest BCUT2D eigenvalue weighted by atomic mass is 10.1. The molecule has 2 aromatic rings. The average molecular weight is 324 g/mol. The van der Waals surface area contributed by atoms with Crippen LogP contribution in [0.4, 0.5) is 15.9 Å². The Morgan fingerprint density at radius 2 is 2.00 bits per heavy atom. The molecule has 0 atom stereocenters. The molecular formula is C17H13FN4O2. The van der Waals surface area contributed by atoms with Crippen LogP contribution in [0.3, 0.4) is 0 Å². The number of hydrogen-bond acceptors (Lipinski definition) is 4. The number of nitrogens with one attached hydrogen (secondary N) is 2. The molecule has 1 aliphatic rings. The van der Waals surface area contributed by atoms with Crippen molar-refractivity contribution in [1.82, 2.24) is 4.98 Å². The lowest BCUT2D eigenvalue weighted by Gasteiger charge is -2.08. The highest BCUT2D eigenvalue weighted by molar-refractivity contribution is 6.04. The van der Waals surface area contributed by atoms with Gasteiger partial charge in [0.05, 0.1) is 17.2 Å². The minimum Gasteiger partial charge on any atom is -0.322 e. The van der Waals surface area contributed by atoms with Gasteiger partial charge in [-0.25, -0.2) is 9.37 Å². The molecule has 1 fully saturated rings. The fraction of sp³-hybridized carbons (Fsp3) is 0.176. The molecular weight excluding hydrogens is 311 g/mol. The van der Waals surface area contributed by atoms with E-state index in [1.165, 1.54) is 30.5 Å². The molecule has 1 aliphatic carbocycles. The van der Waals surface area contributed by atoms with Gasteiger partial charge in [-0.2, -0.15) is 5.26 Å². The van der Waals surface area contributed by atoms with E-state index >= 15 is 0 Å². The molecule has 3 rings (SSSR count). The highest BCUT2D eigenvalue weighted by Gasteiger charge is 2.29. The van der Waals surface area contributed by atoms with Crippen LogP contribution in [0.25, 0.3) is 0 Å². The van der Waals surface area contributed by atoms with Gasteiger partial charge in [0.15, 0.2) is 0 Å². The van der Waals surface area contributed by atoms with Gasteiger partial charge in [0.1, 0.15) is 11.6 Å². The number of carbonyl (C=O) groups excluding carboxylic acids is 2. The van der Waals surface area contributed by atoms with Gasteiger partial charge in [-0.3, -0.25) is 9.59 Å². The van der Waals surface area contributed by atoms with Crippen LogP contribution >= 0.6 is 0 Å². The molecule has 1 saturated carbocycles. The minimum absolute atomic E-state index is 0.0396. The molecule has 0 spiro atoms. The number of anilines is 2. The van der Waals surface area contributed by atoms with Crippen LogP contribution in [0.5, 0.6) is 0 Å². The van der Waals surface area contributed by atoms with Crippen molar-refractivity contribution in [3.05, 3.63) is 53.5 Å². The maximum absolute atomic E-state index is 13.9. The van der Waals surface area contributed by atoms with E-state index in [0.717, 1.165) is 18.9 Å². The van der Waals surface area contributed by atoms with E-state index < -0.39 is 11.7 Å². The minimum atomic E-state index is -0.775. The van der Waals surface area contributed by atoms with E-state index in [2.05, 4.69) is 15.6 Å². The normalized spacial score (nSPS) is 13.0. The van der Waals surface area contributed by atoms with Crippen LogP contribution in [0.2, 0.25) is 0 Å². The zero-order valence-corrected chi connectivity index (χ0v) is 12.5. The van der Waals surface area contributed by atoms with E-state index in [9.17, 15) is 14.0 Å². The Morgan fingerprint density at radius 3 is 2.67 bits per heavy atom. The molecule has 0 bridgehead atoms. The maximum Gasteiger partial charge on any atom is 0.258 e. The fourth-order valence-corrected chi connectivity index (χ4v) is 2.12. The highest BCUT2D eigenvalue weighted by Crippen LogP contribution is 2.30. The molecule has 24 heavy (non-hydrogen) atoms. The van der Waals surface area contributed by atoms with Crippen LogP contribution in [0, 0.1) is 23.1 Å². The number of nitrogens with zero attached hydrogens (tertiary/aromatic N) is 2. The summed E-state index contributed by atoms with van der Waals surface area (Å²) in [6, 6.07) is 8.46. The van der Waals surface area contributed by atoms with E-state index in [1.807, 2.05) is 0 Å². The molecule has 1 heterocycles.